The van der Waals surface area contributed by atoms with Crippen LogP contribution in [0.5, 0.6) is 5.75 Å². The molecule has 0 spiro atoms. The second-order valence-corrected chi connectivity index (χ2v) is 7.22. The first-order valence-corrected chi connectivity index (χ1v) is 9.64. The number of likely N-dealkylation sites (tertiary alicyclic amines) is 2. The number of nitrogens with one attached hydrogen (secondary N) is 1. The molecule has 134 valence electrons. The van der Waals surface area contributed by atoms with Gasteiger partial charge in [0.25, 0.3) is 0 Å². The van der Waals surface area contributed by atoms with Crippen molar-refractivity contribution in [2.24, 2.45) is 0 Å². The predicted octanol–water partition coefficient (Wildman–Crippen LogP) is 2.39. The van der Waals surface area contributed by atoms with E-state index in [0.29, 0.717) is 0 Å². The van der Waals surface area contributed by atoms with Crippen molar-refractivity contribution in [3.05, 3.63) is 29.8 Å². The van der Waals surface area contributed by atoms with Crippen molar-refractivity contribution in [2.45, 2.75) is 38.1 Å². The lowest BCUT2D eigenvalue weighted by Gasteiger charge is -2.32. The van der Waals surface area contributed by atoms with Crippen LogP contribution in [-0.4, -0.2) is 68.8 Å². The summed E-state index contributed by atoms with van der Waals surface area (Å²) in [5.41, 5.74) is 1.40. The summed E-state index contributed by atoms with van der Waals surface area (Å²) in [6.07, 6.45) is 6.52. The lowest BCUT2D eigenvalue weighted by atomic mass is 10.0. The van der Waals surface area contributed by atoms with Gasteiger partial charge in [0.15, 0.2) is 0 Å². The van der Waals surface area contributed by atoms with Gasteiger partial charge in [-0.05, 0) is 76.0 Å². The van der Waals surface area contributed by atoms with Gasteiger partial charge in [0.2, 0.25) is 0 Å². The van der Waals surface area contributed by atoms with Crippen molar-refractivity contribution in [3.8, 4) is 5.75 Å². The standard InChI is InChI=1S/C20H33N3O/c1-24-20-6-4-18(5-7-20)8-14-23-15-9-19(10-16-23)21-11-17-22-12-2-3-13-22/h4-7,19,21H,2-3,8-17H2,1H3. The molecule has 4 nitrogen and oxygen atoms in total. The van der Waals surface area contributed by atoms with Crippen molar-refractivity contribution in [1.82, 2.24) is 15.1 Å². The van der Waals surface area contributed by atoms with Gasteiger partial charge in [0.05, 0.1) is 7.11 Å². The molecule has 1 aromatic carbocycles. The number of hydrogen-bond acceptors (Lipinski definition) is 4. The monoisotopic (exact) mass is 331 g/mol. The molecular weight excluding hydrogens is 298 g/mol. The number of benzene rings is 1. The fraction of sp³-hybridized carbons (Fsp3) is 0.700. The summed E-state index contributed by atoms with van der Waals surface area (Å²) >= 11 is 0. The van der Waals surface area contributed by atoms with E-state index < -0.39 is 0 Å². The van der Waals surface area contributed by atoms with Crippen LogP contribution in [0.4, 0.5) is 0 Å². The normalized spacial score (nSPS) is 20.5. The molecule has 2 heterocycles. The molecule has 4 heteroatoms. The van der Waals surface area contributed by atoms with Gasteiger partial charge in [-0.3, -0.25) is 0 Å². The van der Waals surface area contributed by atoms with E-state index in [0.717, 1.165) is 24.8 Å². The van der Waals surface area contributed by atoms with E-state index in [9.17, 15) is 0 Å². The zero-order valence-corrected chi connectivity index (χ0v) is 15.2. The van der Waals surface area contributed by atoms with Crippen LogP contribution in [0, 0.1) is 0 Å². The van der Waals surface area contributed by atoms with E-state index in [2.05, 4.69) is 39.4 Å². The maximum atomic E-state index is 5.22. The van der Waals surface area contributed by atoms with Crippen LogP contribution in [0.15, 0.2) is 24.3 Å². The molecule has 0 radical (unpaired) electrons. The molecule has 0 amide bonds. The Kier molecular flexibility index (Phi) is 6.94. The van der Waals surface area contributed by atoms with E-state index in [1.54, 1.807) is 7.11 Å². The Morgan fingerprint density at radius 2 is 1.62 bits per heavy atom. The number of methoxy groups -OCH3 is 1. The molecule has 0 aliphatic carbocycles. The summed E-state index contributed by atoms with van der Waals surface area (Å²) in [6.45, 7) is 8.66. The minimum Gasteiger partial charge on any atom is -0.497 e. The summed E-state index contributed by atoms with van der Waals surface area (Å²) < 4.78 is 5.22. The lowest BCUT2D eigenvalue weighted by molar-refractivity contribution is 0.196. The van der Waals surface area contributed by atoms with E-state index in [4.69, 9.17) is 4.74 Å². The maximum Gasteiger partial charge on any atom is 0.118 e. The van der Waals surface area contributed by atoms with E-state index in [1.165, 1.54) is 70.5 Å². The molecule has 0 atom stereocenters. The zero-order chi connectivity index (χ0) is 16.6. The molecule has 0 saturated carbocycles. The van der Waals surface area contributed by atoms with Crippen molar-refractivity contribution in [2.75, 3.05) is 52.9 Å². The molecule has 2 aliphatic rings. The highest BCUT2D eigenvalue weighted by Gasteiger charge is 2.19. The average Bonchev–Trinajstić information content (AvgIpc) is 3.15. The van der Waals surface area contributed by atoms with E-state index >= 15 is 0 Å². The molecule has 0 aromatic heterocycles. The number of nitrogens with zero attached hydrogens (tertiary/aromatic N) is 2. The zero-order valence-electron chi connectivity index (χ0n) is 15.2. The molecular formula is C20H33N3O. The fourth-order valence-corrected chi connectivity index (χ4v) is 3.87. The van der Waals surface area contributed by atoms with E-state index in [-0.39, 0.29) is 0 Å². The highest BCUT2D eigenvalue weighted by molar-refractivity contribution is 5.27. The van der Waals surface area contributed by atoms with Crippen LogP contribution in [0.25, 0.3) is 0 Å². The summed E-state index contributed by atoms with van der Waals surface area (Å²) in [5, 5.41) is 3.77. The van der Waals surface area contributed by atoms with Gasteiger partial charge >= 0.3 is 0 Å². The van der Waals surface area contributed by atoms with Crippen LogP contribution in [-0.2, 0) is 6.42 Å². The smallest absolute Gasteiger partial charge is 0.118 e. The van der Waals surface area contributed by atoms with Gasteiger partial charge in [-0.15, -0.1) is 0 Å². The van der Waals surface area contributed by atoms with Gasteiger partial charge < -0.3 is 19.9 Å². The molecule has 24 heavy (non-hydrogen) atoms. The minimum atomic E-state index is 0.727. The Morgan fingerprint density at radius 3 is 2.29 bits per heavy atom. The first-order chi connectivity index (χ1) is 11.8. The SMILES string of the molecule is COc1ccc(CCN2CCC(NCCN3CCCC3)CC2)cc1. The lowest BCUT2D eigenvalue weighted by Crippen LogP contribution is -2.44. The first-order valence-electron chi connectivity index (χ1n) is 9.64. The Balaban J connectivity index is 1.28. The molecule has 2 saturated heterocycles. The van der Waals surface area contributed by atoms with Crippen LogP contribution in [0.3, 0.4) is 0 Å². The topological polar surface area (TPSA) is 27.7 Å². The Morgan fingerprint density at radius 1 is 0.958 bits per heavy atom. The number of piperidine rings is 1. The largest absolute Gasteiger partial charge is 0.497 e. The molecule has 3 rings (SSSR count). The van der Waals surface area contributed by atoms with Crippen LogP contribution in [0.1, 0.15) is 31.2 Å². The predicted molar refractivity (Wildman–Crippen MR) is 99.8 cm³/mol. The summed E-state index contributed by atoms with van der Waals surface area (Å²) in [5.74, 6) is 0.944. The number of ether oxygens (including phenoxy) is 1. The third-order valence-corrected chi connectivity index (χ3v) is 5.52. The summed E-state index contributed by atoms with van der Waals surface area (Å²) in [4.78, 5) is 5.21. The maximum absolute atomic E-state index is 5.22. The van der Waals surface area contributed by atoms with Crippen molar-refractivity contribution >= 4 is 0 Å². The average molecular weight is 332 g/mol. The Hall–Kier alpha value is -1.10. The van der Waals surface area contributed by atoms with Crippen molar-refractivity contribution in [1.29, 1.82) is 0 Å². The molecule has 1 N–H and O–H groups in total. The molecule has 2 aliphatic heterocycles. The van der Waals surface area contributed by atoms with Gasteiger partial charge in [-0.1, -0.05) is 12.1 Å². The van der Waals surface area contributed by atoms with Gasteiger partial charge in [0.1, 0.15) is 5.75 Å². The van der Waals surface area contributed by atoms with Gasteiger partial charge in [-0.25, -0.2) is 0 Å². The molecule has 1 aromatic rings. The first kappa shape index (κ1) is 17.7. The fourth-order valence-electron chi connectivity index (χ4n) is 3.87. The highest BCUT2D eigenvalue weighted by atomic mass is 16.5. The number of rotatable bonds is 8. The Labute approximate surface area is 147 Å². The van der Waals surface area contributed by atoms with Crippen LogP contribution < -0.4 is 10.1 Å². The third-order valence-electron chi connectivity index (χ3n) is 5.52. The van der Waals surface area contributed by atoms with Crippen LogP contribution >= 0.6 is 0 Å². The highest BCUT2D eigenvalue weighted by Crippen LogP contribution is 2.14. The second-order valence-electron chi connectivity index (χ2n) is 7.22. The van der Waals surface area contributed by atoms with E-state index in [1.807, 2.05) is 0 Å². The number of hydrogen-bond donors (Lipinski definition) is 1. The minimum absolute atomic E-state index is 0.727. The van der Waals surface area contributed by atoms with Crippen LogP contribution in [0.2, 0.25) is 0 Å². The third kappa shape index (κ3) is 5.47. The quantitative estimate of drug-likeness (QED) is 0.792. The Bertz CT molecular complexity index is 462. The summed E-state index contributed by atoms with van der Waals surface area (Å²) in [7, 11) is 1.72. The van der Waals surface area contributed by atoms with Gasteiger partial charge in [0, 0.05) is 25.7 Å². The van der Waals surface area contributed by atoms with Crippen molar-refractivity contribution in [3.63, 3.8) is 0 Å². The second kappa shape index (κ2) is 9.40. The summed E-state index contributed by atoms with van der Waals surface area (Å²) in [6, 6.07) is 9.22. The van der Waals surface area contributed by atoms with Crippen molar-refractivity contribution < 1.29 is 4.74 Å². The molecule has 2 fully saturated rings. The molecule has 0 bridgehead atoms. The molecule has 0 unspecified atom stereocenters. The van der Waals surface area contributed by atoms with Gasteiger partial charge in [-0.2, -0.15) is 0 Å².